The Morgan fingerprint density at radius 3 is 2.21 bits per heavy atom. The second kappa shape index (κ2) is 8.54. The van der Waals surface area contributed by atoms with E-state index in [9.17, 15) is 9.90 Å². The van der Waals surface area contributed by atoms with Gasteiger partial charge < -0.3 is 15.7 Å². The molecule has 1 amide bonds. The van der Waals surface area contributed by atoms with Crippen LogP contribution in [0.4, 0.5) is 0 Å². The van der Waals surface area contributed by atoms with Gasteiger partial charge in [0.05, 0.1) is 11.6 Å². The van der Waals surface area contributed by atoms with Gasteiger partial charge in [-0.1, -0.05) is 27.7 Å². The topological polar surface area (TPSA) is 61.4 Å². The smallest absolute Gasteiger partial charge is 0.236 e. The summed E-state index contributed by atoms with van der Waals surface area (Å²) in [6.45, 7) is 13.2. The number of nitrogens with one attached hydrogen (secondary N) is 2. The minimum absolute atomic E-state index is 0.000923. The molecule has 19 heavy (non-hydrogen) atoms. The van der Waals surface area contributed by atoms with E-state index in [4.69, 9.17) is 0 Å². The van der Waals surface area contributed by atoms with Gasteiger partial charge in [-0.15, -0.1) is 0 Å². The second-order valence-corrected chi connectivity index (χ2v) is 6.67. The van der Waals surface area contributed by atoms with E-state index in [2.05, 4.69) is 38.3 Å². The maximum atomic E-state index is 11.8. The summed E-state index contributed by atoms with van der Waals surface area (Å²) in [4.78, 5) is 11.8. The lowest BCUT2D eigenvalue weighted by Crippen LogP contribution is -2.48. The molecule has 2 unspecified atom stereocenters. The largest absolute Gasteiger partial charge is 0.389 e. The van der Waals surface area contributed by atoms with Crippen molar-refractivity contribution in [3.63, 3.8) is 0 Å². The first-order chi connectivity index (χ1) is 8.64. The molecule has 0 aromatic carbocycles. The molecular formula is C15H32N2O2. The fourth-order valence-electron chi connectivity index (χ4n) is 2.05. The zero-order valence-electron chi connectivity index (χ0n) is 13.4. The number of hydrogen-bond acceptors (Lipinski definition) is 3. The number of rotatable bonds is 9. The van der Waals surface area contributed by atoms with Gasteiger partial charge in [0, 0.05) is 13.1 Å². The van der Waals surface area contributed by atoms with Crippen LogP contribution in [0.1, 0.15) is 54.4 Å². The van der Waals surface area contributed by atoms with E-state index in [0.29, 0.717) is 24.9 Å². The van der Waals surface area contributed by atoms with E-state index >= 15 is 0 Å². The predicted molar refractivity (Wildman–Crippen MR) is 80.0 cm³/mol. The average molecular weight is 272 g/mol. The maximum absolute atomic E-state index is 11.8. The van der Waals surface area contributed by atoms with Gasteiger partial charge >= 0.3 is 0 Å². The Bertz CT molecular complexity index is 263. The van der Waals surface area contributed by atoms with Crippen LogP contribution in [0.15, 0.2) is 0 Å². The van der Waals surface area contributed by atoms with Crippen molar-refractivity contribution in [1.82, 2.24) is 10.6 Å². The fourth-order valence-corrected chi connectivity index (χ4v) is 2.05. The van der Waals surface area contributed by atoms with Crippen LogP contribution < -0.4 is 10.6 Å². The van der Waals surface area contributed by atoms with E-state index in [-0.39, 0.29) is 11.9 Å². The highest BCUT2D eigenvalue weighted by atomic mass is 16.3. The van der Waals surface area contributed by atoms with Crippen molar-refractivity contribution in [2.24, 2.45) is 11.8 Å². The number of aliphatic hydroxyl groups is 1. The third-order valence-corrected chi connectivity index (χ3v) is 3.05. The summed E-state index contributed by atoms with van der Waals surface area (Å²) in [6.07, 6.45) is 1.71. The van der Waals surface area contributed by atoms with Crippen molar-refractivity contribution >= 4 is 5.91 Å². The Balaban J connectivity index is 3.95. The summed E-state index contributed by atoms with van der Waals surface area (Å²) >= 11 is 0. The van der Waals surface area contributed by atoms with Crippen molar-refractivity contribution in [1.29, 1.82) is 0 Å². The summed E-state index contributed by atoms with van der Waals surface area (Å²) in [5.41, 5.74) is -0.763. The van der Waals surface area contributed by atoms with Crippen LogP contribution in [0.25, 0.3) is 0 Å². The van der Waals surface area contributed by atoms with Gasteiger partial charge in [0.2, 0.25) is 5.91 Å². The van der Waals surface area contributed by atoms with Gasteiger partial charge in [0.25, 0.3) is 0 Å². The molecule has 0 aromatic heterocycles. The predicted octanol–water partition coefficient (Wildman–Crippen LogP) is 1.92. The molecule has 0 saturated heterocycles. The SMILES string of the molecule is CC(C)CCNC(=O)C(C)NCC(C)(O)CC(C)C. The fraction of sp³-hybridized carbons (Fsp3) is 0.933. The first-order valence-electron chi connectivity index (χ1n) is 7.37. The molecule has 0 spiro atoms. The minimum atomic E-state index is -0.763. The first-order valence-corrected chi connectivity index (χ1v) is 7.37. The molecule has 3 N–H and O–H groups in total. The lowest BCUT2D eigenvalue weighted by molar-refractivity contribution is -0.123. The summed E-state index contributed by atoms with van der Waals surface area (Å²) in [5, 5.41) is 16.2. The maximum Gasteiger partial charge on any atom is 0.236 e. The van der Waals surface area contributed by atoms with Crippen molar-refractivity contribution in [3.05, 3.63) is 0 Å². The van der Waals surface area contributed by atoms with Crippen LogP contribution in [0.5, 0.6) is 0 Å². The van der Waals surface area contributed by atoms with Gasteiger partial charge in [0.1, 0.15) is 0 Å². The molecule has 0 aliphatic carbocycles. The normalized spacial score (nSPS) is 16.5. The van der Waals surface area contributed by atoms with E-state index < -0.39 is 5.60 Å². The quantitative estimate of drug-likeness (QED) is 0.601. The van der Waals surface area contributed by atoms with Crippen molar-refractivity contribution in [3.8, 4) is 0 Å². The van der Waals surface area contributed by atoms with Crippen molar-refractivity contribution in [2.75, 3.05) is 13.1 Å². The van der Waals surface area contributed by atoms with E-state index in [1.807, 2.05) is 13.8 Å². The number of amides is 1. The van der Waals surface area contributed by atoms with Crippen LogP contribution >= 0.6 is 0 Å². The van der Waals surface area contributed by atoms with Gasteiger partial charge in [-0.05, 0) is 38.5 Å². The van der Waals surface area contributed by atoms with Crippen LogP contribution in [0.3, 0.4) is 0 Å². The molecule has 2 atom stereocenters. The Morgan fingerprint density at radius 2 is 1.74 bits per heavy atom. The van der Waals surface area contributed by atoms with Gasteiger partial charge in [-0.3, -0.25) is 4.79 Å². The standard InChI is InChI=1S/C15H32N2O2/c1-11(2)7-8-16-14(18)13(5)17-10-15(6,19)9-12(3)4/h11-13,17,19H,7-10H2,1-6H3,(H,16,18). The molecular weight excluding hydrogens is 240 g/mol. The van der Waals surface area contributed by atoms with Crippen molar-refractivity contribution < 1.29 is 9.90 Å². The molecule has 4 nitrogen and oxygen atoms in total. The summed E-state index contributed by atoms with van der Waals surface area (Å²) < 4.78 is 0. The molecule has 0 rings (SSSR count). The Hall–Kier alpha value is -0.610. The highest BCUT2D eigenvalue weighted by molar-refractivity contribution is 5.81. The highest BCUT2D eigenvalue weighted by Gasteiger charge is 2.23. The third kappa shape index (κ3) is 9.91. The second-order valence-electron chi connectivity index (χ2n) is 6.67. The van der Waals surface area contributed by atoms with Crippen LogP contribution in [0, 0.1) is 11.8 Å². The van der Waals surface area contributed by atoms with Gasteiger partial charge in [-0.25, -0.2) is 0 Å². The Kier molecular flexibility index (Phi) is 8.26. The summed E-state index contributed by atoms with van der Waals surface area (Å²) in [7, 11) is 0. The Labute approximate surface area is 118 Å². The number of carbonyl (C=O) groups is 1. The molecule has 4 heteroatoms. The van der Waals surface area contributed by atoms with Gasteiger partial charge in [0.15, 0.2) is 0 Å². The molecule has 0 radical (unpaired) electrons. The summed E-state index contributed by atoms with van der Waals surface area (Å²) in [6, 6.07) is -0.272. The lowest BCUT2D eigenvalue weighted by atomic mass is 9.94. The van der Waals surface area contributed by atoms with Crippen LogP contribution in [-0.4, -0.2) is 35.7 Å². The van der Waals surface area contributed by atoms with Crippen molar-refractivity contribution in [2.45, 2.75) is 66.0 Å². The molecule has 114 valence electrons. The van der Waals surface area contributed by atoms with Gasteiger partial charge in [-0.2, -0.15) is 0 Å². The highest BCUT2D eigenvalue weighted by Crippen LogP contribution is 2.15. The molecule has 0 saturated carbocycles. The molecule has 0 fully saturated rings. The van der Waals surface area contributed by atoms with E-state index in [1.54, 1.807) is 0 Å². The molecule has 0 bridgehead atoms. The molecule has 0 aromatic rings. The monoisotopic (exact) mass is 272 g/mol. The van der Waals surface area contributed by atoms with E-state index in [1.165, 1.54) is 0 Å². The number of hydrogen-bond donors (Lipinski definition) is 3. The third-order valence-electron chi connectivity index (χ3n) is 3.05. The van der Waals surface area contributed by atoms with Crippen LogP contribution in [0.2, 0.25) is 0 Å². The average Bonchev–Trinajstić information content (AvgIpc) is 2.23. The zero-order chi connectivity index (χ0) is 15.1. The summed E-state index contributed by atoms with van der Waals surface area (Å²) in [5.74, 6) is 1.03. The minimum Gasteiger partial charge on any atom is -0.389 e. The molecule has 0 aliphatic heterocycles. The molecule has 0 heterocycles. The van der Waals surface area contributed by atoms with E-state index in [0.717, 1.165) is 12.8 Å². The van der Waals surface area contributed by atoms with Crippen LogP contribution in [-0.2, 0) is 4.79 Å². The zero-order valence-corrected chi connectivity index (χ0v) is 13.4. The lowest BCUT2D eigenvalue weighted by Gasteiger charge is -2.27. The number of carbonyl (C=O) groups excluding carboxylic acids is 1. The first kappa shape index (κ1) is 18.4. The molecule has 0 aliphatic rings. The Morgan fingerprint density at radius 1 is 1.16 bits per heavy atom.